The molecule has 0 aliphatic rings. The summed E-state index contributed by atoms with van der Waals surface area (Å²) in [4.78, 5) is 48.5. The van der Waals surface area contributed by atoms with Crippen molar-refractivity contribution in [3.63, 3.8) is 0 Å². The van der Waals surface area contributed by atoms with Gasteiger partial charge in [-0.15, -0.1) is 0 Å². The first-order chi connectivity index (χ1) is 18.5. The van der Waals surface area contributed by atoms with E-state index in [9.17, 15) is 32.9 Å². The van der Waals surface area contributed by atoms with Crippen molar-refractivity contribution in [3.8, 4) is 0 Å². The van der Waals surface area contributed by atoms with E-state index in [1.165, 1.54) is 0 Å². The van der Waals surface area contributed by atoms with Crippen molar-refractivity contribution < 1.29 is 46.1 Å². The summed E-state index contributed by atoms with van der Waals surface area (Å²) in [5.41, 5.74) is -2.86. The highest BCUT2D eigenvalue weighted by atomic mass is 32.2. The summed E-state index contributed by atoms with van der Waals surface area (Å²) < 4.78 is 46.3. The van der Waals surface area contributed by atoms with E-state index < -0.39 is 61.8 Å². The lowest BCUT2D eigenvalue weighted by Crippen LogP contribution is -2.47. The molecule has 0 aliphatic heterocycles. The number of amides is 1. The minimum atomic E-state index is -4.23. The Balaban J connectivity index is 3.08. The van der Waals surface area contributed by atoms with Crippen molar-refractivity contribution in [2.75, 3.05) is 6.61 Å². The molecule has 0 aliphatic carbocycles. The molecule has 0 fully saturated rings. The highest BCUT2D eigenvalue weighted by Gasteiger charge is 2.35. The molecule has 0 saturated carbocycles. The number of hydrogen-bond acceptors (Lipinski definition) is 11. The molecule has 0 radical (unpaired) electrons. The lowest BCUT2D eigenvalue weighted by Gasteiger charge is -2.29. The molecule has 41 heavy (non-hydrogen) atoms. The molecular weight excluding hydrogens is 560 g/mol. The van der Waals surface area contributed by atoms with Crippen molar-refractivity contribution in [1.29, 1.82) is 0 Å². The minimum Gasteiger partial charge on any atom is -0.460 e. The fraction of sp³-hybridized carbons (Fsp3) is 0.667. The van der Waals surface area contributed by atoms with Gasteiger partial charge in [-0.25, -0.2) is 9.59 Å². The maximum Gasteiger partial charge on any atom is 0.408 e. The Labute approximate surface area is 241 Å². The number of nitro benzene ring substituents is 1. The summed E-state index contributed by atoms with van der Waals surface area (Å²) in [6.07, 6.45) is -0.990. The number of nitrogens with zero attached hydrogens (tertiary/aromatic N) is 1. The second-order valence-electron chi connectivity index (χ2n) is 12.4. The molecule has 14 heteroatoms. The number of carbonyl (C=O) groups is 3. The summed E-state index contributed by atoms with van der Waals surface area (Å²) in [5, 5.41) is 13.3. The van der Waals surface area contributed by atoms with Crippen LogP contribution in [-0.2, 0) is 38.1 Å². The number of benzene rings is 1. The summed E-state index contributed by atoms with van der Waals surface area (Å²) in [6, 6.07) is 2.94. The second kappa shape index (κ2) is 14.1. The maximum atomic E-state index is 13.1. The zero-order chi connectivity index (χ0) is 31.8. The Hall–Kier alpha value is -3.26. The van der Waals surface area contributed by atoms with Crippen molar-refractivity contribution in [2.24, 2.45) is 5.92 Å². The molecule has 1 unspecified atom stereocenters. The third-order valence-corrected chi connectivity index (χ3v) is 6.24. The number of esters is 2. The summed E-state index contributed by atoms with van der Waals surface area (Å²) in [7, 11) is -4.23. The highest BCUT2D eigenvalue weighted by molar-refractivity contribution is 7.86. The molecule has 1 aromatic carbocycles. The first-order valence-electron chi connectivity index (χ1n) is 13.1. The Morgan fingerprint density at radius 3 is 1.80 bits per heavy atom. The van der Waals surface area contributed by atoms with E-state index in [0.717, 1.165) is 24.3 Å². The zero-order valence-corrected chi connectivity index (χ0v) is 26.0. The van der Waals surface area contributed by atoms with Crippen LogP contribution in [0.1, 0.15) is 81.6 Å². The Bertz CT molecular complexity index is 1180. The van der Waals surface area contributed by atoms with Gasteiger partial charge in [-0.3, -0.25) is 19.1 Å². The number of alkyl carbamates (subject to hydrolysis) is 1. The lowest BCUT2D eigenvalue weighted by atomic mass is 9.94. The van der Waals surface area contributed by atoms with Crippen LogP contribution in [0.5, 0.6) is 0 Å². The van der Waals surface area contributed by atoms with E-state index in [2.05, 4.69) is 5.32 Å². The van der Waals surface area contributed by atoms with Gasteiger partial charge >= 0.3 is 18.0 Å². The van der Waals surface area contributed by atoms with Crippen LogP contribution in [0.15, 0.2) is 29.2 Å². The molecular formula is C27H42N2O11S. The van der Waals surface area contributed by atoms with E-state index in [1.807, 2.05) is 0 Å². The number of hydrogen-bond donors (Lipinski definition) is 1. The van der Waals surface area contributed by atoms with Crippen LogP contribution in [0.25, 0.3) is 0 Å². The molecule has 1 rings (SSSR count). The molecule has 2 atom stereocenters. The molecule has 0 saturated heterocycles. The number of nitro groups is 1. The van der Waals surface area contributed by atoms with Crippen molar-refractivity contribution in [2.45, 2.75) is 109 Å². The molecule has 232 valence electrons. The number of nitrogens with one attached hydrogen (secondary N) is 1. The van der Waals surface area contributed by atoms with Crippen LogP contribution in [0.4, 0.5) is 10.5 Å². The van der Waals surface area contributed by atoms with Crippen molar-refractivity contribution in [3.05, 3.63) is 34.4 Å². The number of ether oxygens (including phenoxy) is 3. The third kappa shape index (κ3) is 14.3. The summed E-state index contributed by atoms with van der Waals surface area (Å²) in [6.45, 7) is 14.6. The van der Waals surface area contributed by atoms with Gasteiger partial charge < -0.3 is 19.5 Å². The second-order valence-corrected chi connectivity index (χ2v) is 14.0. The molecule has 0 bridgehead atoms. The molecule has 0 heterocycles. The highest BCUT2D eigenvalue weighted by Crippen LogP contribution is 2.23. The SMILES string of the molecule is CC(C)(C)OC(=O)N[C@H](CC(CCCOS(=O)(=O)c1ccc([N+](=O)[O-])cc1)C(=O)OC(C)(C)C)C(=O)OC(C)(C)C. The van der Waals surface area contributed by atoms with Gasteiger partial charge in [0.25, 0.3) is 15.8 Å². The maximum absolute atomic E-state index is 13.1. The smallest absolute Gasteiger partial charge is 0.408 e. The standard InChI is InChI=1S/C27H42N2O11S/c1-25(2,3)38-22(30)18(11-10-16-37-41(35,36)20-14-12-19(13-15-20)29(33)34)17-21(23(31)39-26(4,5)6)28-24(32)40-27(7,8)9/h12-15,18,21H,10-11,16-17H2,1-9H3,(H,28,32)/t18?,21-/m1/s1. The van der Waals surface area contributed by atoms with Crippen LogP contribution >= 0.6 is 0 Å². The lowest BCUT2D eigenvalue weighted by molar-refractivity contribution is -0.384. The van der Waals surface area contributed by atoms with Gasteiger partial charge in [0.15, 0.2) is 0 Å². The van der Waals surface area contributed by atoms with Gasteiger partial charge in [-0.05, 0) is 93.7 Å². The Morgan fingerprint density at radius 1 is 0.854 bits per heavy atom. The quantitative estimate of drug-likeness (QED) is 0.0878. The van der Waals surface area contributed by atoms with E-state index in [-0.39, 0.29) is 36.5 Å². The molecule has 13 nitrogen and oxygen atoms in total. The fourth-order valence-corrected chi connectivity index (χ4v) is 4.28. The average Bonchev–Trinajstić information content (AvgIpc) is 2.76. The van der Waals surface area contributed by atoms with Gasteiger partial charge in [0.2, 0.25) is 0 Å². The Morgan fingerprint density at radius 2 is 1.34 bits per heavy atom. The molecule has 0 spiro atoms. The van der Waals surface area contributed by atoms with Crippen molar-refractivity contribution >= 4 is 33.8 Å². The predicted molar refractivity (Wildman–Crippen MR) is 148 cm³/mol. The average molecular weight is 603 g/mol. The van der Waals surface area contributed by atoms with Crippen LogP contribution in [-0.4, -0.2) is 60.8 Å². The van der Waals surface area contributed by atoms with E-state index in [4.69, 9.17) is 18.4 Å². The molecule has 1 amide bonds. The predicted octanol–water partition coefficient (Wildman–Crippen LogP) is 4.66. The van der Waals surface area contributed by atoms with Crippen LogP contribution in [0, 0.1) is 16.0 Å². The summed E-state index contributed by atoms with van der Waals surface area (Å²) >= 11 is 0. The van der Waals surface area contributed by atoms with Gasteiger partial charge in [-0.2, -0.15) is 8.42 Å². The first kappa shape index (κ1) is 35.8. The van der Waals surface area contributed by atoms with Crippen molar-refractivity contribution in [1.82, 2.24) is 5.32 Å². The van der Waals surface area contributed by atoms with E-state index >= 15 is 0 Å². The van der Waals surface area contributed by atoms with E-state index in [1.54, 1.807) is 62.3 Å². The minimum absolute atomic E-state index is 0.0417. The number of carbonyl (C=O) groups excluding carboxylic acids is 3. The van der Waals surface area contributed by atoms with Gasteiger partial charge in [0.1, 0.15) is 22.8 Å². The van der Waals surface area contributed by atoms with Crippen LogP contribution in [0.3, 0.4) is 0 Å². The monoisotopic (exact) mass is 602 g/mol. The topological polar surface area (TPSA) is 177 Å². The molecule has 1 aromatic rings. The van der Waals surface area contributed by atoms with Crippen LogP contribution < -0.4 is 5.32 Å². The van der Waals surface area contributed by atoms with Gasteiger partial charge in [-0.1, -0.05) is 0 Å². The van der Waals surface area contributed by atoms with E-state index in [0.29, 0.717) is 0 Å². The number of rotatable bonds is 12. The van der Waals surface area contributed by atoms with Crippen LogP contribution in [0.2, 0.25) is 0 Å². The third-order valence-electron chi connectivity index (χ3n) is 4.91. The largest absolute Gasteiger partial charge is 0.460 e. The summed E-state index contributed by atoms with van der Waals surface area (Å²) in [5.74, 6) is -2.39. The first-order valence-corrected chi connectivity index (χ1v) is 14.5. The Kier molecular flexibility index (Phi) is 12.3. The molecule has 1 N–H and O–H groups in total. The van der Waals surface area contributed by atoms with Gasteiger partial charge in [0.05, 0.1) is 22.3 Å². The molecule has 0 aromatic heterocycles. The van der Waals surface area contributed by atoms with Gasteiger partial charge in [0, 0.05) is 12.1 Å². The zero-order valence-electron chi connectivity index (χ0n) is 25.1. The number of non-ortho nitro benzene ring substituents is 1. The normalized spacial score (nSPS) is 14.0. The fourth-order valence-electron chi connectivity index (χ4n) is 3.34.